The summed E-state index contributed by atoms with van der Waals surface area (Å²) >= 11 is 13.8. The molecule has 6 heteroatoms. The first-order valence-electron chi connectivity index (χ1n) is 7.33. The molecule has 118 valence electrons. The van der Waals surface area contributed by atoms with Crippen LogP contribution in [-0.4, -0.2) is 28.5 Å². The highest BCUT2D eigenvalue weighted by Gasteiger charge is 2.49. The first-order valence-corrected chi connectivity index (χ1v) is 9.24. The average Bonchev–Trinajstić information content (AvgIpc) is 3.12. The second-order valence-electron chi connectivity index (χ2n) is 5.64. The Morgan fingerprint density at radius 1 is 0.957 bits per heavy atom. The zero-order chi connectivity index (χ0) is 16.0. The van der Waals surface area contributed by atoms with Crippen LogP contribution < -0.4 is 4.90 Å². The van der Waals surface area contributed by atoms with Gasteiger partial charge >= 0.3 is 0 Å². The van der Waals surface area contributed by atoms with Crippen molar-refractivity contribution in [1.29, 1.82) is 0 Å². The van der Waals surface area contributed by atoms with Crippen LogP contribution in [0.3, 0.4) is 0 Å². The first kappa shape index (κ1) is 15.3. The number of hydrogen-bond acceptors (Lipinski definition) is 3. The van der Waals surface area contributed by atoms with Gasteiger partial charge in [-0.05, 0) is 42.0 Å². The van der Waals surface area contributed by atoms with Gasteiger partial charge in [-0.1, -0.05) is 35.3 Å². The smallest absolute Gasteiger partial charge is 0.246 e. The number of rotatable bonds is 2. The Kier molecular flexibility index (Phi) is 4.01. The summed E-state index contributed by atoms with van der Waals surface area (Å²) in [7, 11) is 0. The van der Waals surface area contributed by atoms with Gasteiger partial charge in [-0.3, -0.25) is 14.6 Å². The maximum Gasteiger partial charge on any atom is 0.246 e. The lowest BCUT2D eigenvalue weighted by Gasteiger charge is -2.29. The molecule has 2 aromatic carbocycles. The monoisotopic (exact) mass is 364 g/mol. The van der Waals surface area contributed by atoms with Gasteiger partial charge in [0, 0.05) is 27.4 Å². The molecule has 0 spiro atoms. The van der Waals surface area contributed by atoms with Gasteiger partial charge < -0.3 is 0 Å². The molecule has 2 aliphatic rings. The zero-order valence-corrected chi connectivity index (χ0v) is 14.5. The van der Waals surface area contributed by atoms with Gasteiger partial charge in [0.2, 0.25) is 5.91 Å². The van der Waals surface area contributed by atoms with Crippen molar-refractivity contribution in [3.63, 3.8) is 0 Å². The predicted octanol–water partition coefficient (Wildman–Crippen LogP) is 4.41. The molecule has 2 heterocycles. The van der Waals surface area contributed by atoms with Crippen molar-refractivity contribution < 1.29 is 4.79 Å². The average molecular weight is 365 g/mol. The fraction of sp³-hybridized carbons (Fsp3) is 0.235. The third kappa shape index (κ3) is 2.64. The Bertz CT molecular complexity index is 735. The van der Waals surface area contributed by atoms with Crippen LogP contribution in [0.4, 0.5) is 5.69 Å². The standard InChI is InChI=1S/C17H14Cl2N2OS/c18-12-3-1-11(2-4-12)16-20-10-23-9-15(20)17(22)21(16)14-7-5-13(19)6-8-14/h1-8,15-16H,9-10H2. The Balaban J connectivity index is 1.79. The molecule has 2 unspecified atom stereocenters. The number of anilines is 1. The minimum Gasteiger partial charge on any atom is -0.290 e. The van der Waals surface area contributed by atoms with E-state index in [4.69, 9.17) is 23.2 Å². The van der Waals surface area contributed by atoms with Crippen molar-refractivity contribution >= 4 is 46.6 Å². The molecule has 23 heavy (non-hydrogen) atoms. The van der Waals surface area contributed by atoms with Gasteiger partial charge in [0.05, 0.1) is 0 Å². The van der Waals surface area contributed by atoms with Crippen molar-refractivity contribution in [2.75, 3.05) is 16.5 Å². The molecule has 4 rings (SSSR count). The summed E-state index contributed by atoms with van der Waals surface area (Å²) in [6.45, 7) is 0. The number of thioether (sulfide) groups is 1. The molecule has 2 aromatic rings. The molecule has 0 radical (unpaired) electrons. The van der Waals surface area contributed by atoms with Crippen LogP contribution in [0, 0.1) is 0 Å². The third-order valence-electron chi connectivity index (χ3n) is 4.27. The molecule has 0 saturated carbocycles. The molecule has 2 fully saturated rings. The predicted molar refractivity (Wildman–Crippen MR) is 96.1 cm³/mol. The second-order valence-corrected chi connectivity index (χ2v) is 7.51. The van der Waals surface area contributed by atoms with Gasteiger partial charge in [-0.15, -0.1) is 11.8 Å². The van der Waals surface area contributed by atoms with E-state index in [0.717, 1.165) is 22.9 Å². The van der Waals surface area contributed by atoms with Gasteiger partial charge in [0.25, 0.3) is 0 Å². The SMILES string of the molecule is O=C1C2CSCN2C(c2ccc(Cl)cc2)N1c1ccc(Cl)cc1. The first-order chi connectivity index (χ1) is 11.1. The maximum absolute atomic E-state index is 12.9. The fourth-order valence-corrected chi connectivity index (χ4v) is 4.63. The van der Waals surface area contributed by atoms with Crippen LogP contribution in [-0.2, 0) is 4.79 Å². The number of halogens is 2. The van der Waals surface area contributed by atoms with Crippen molar-refractivity contribution in [1.82, 2.24) is 4.90 Å². The summed E-state index contributed by atoms with van der Waals surface area (Å²) in [5.41, 5.74) is 1.95. The molecule has 3 nitrogen and oxygen atoms in total. The van der Waals surface area contributed by atoms with Gasteiger partial charge in [0.15, 0.2) is 0 Å². The number of fused-ring (bicyclic) bond motifs is 1. The molecule has 2 aliphatic heterocycles. The summed E-state index contributed by atoms with van der Waals surface area (Å²) in [5, 5.41) is 1.36. The minimum atomic E-state index is -0.0963. The quantitative estimate of drug-likeness (QED) is 0.788. The molecule has 0 N–H and O–H groups in total. The van der Waals surface area contributed by atoms with Gasteiger partial charge in [0.1, 0.15) is 12.2 Å². The molecule has 0 bridgehead atoms. The van der Waals surface area contributed by atoms with Crippen molar-refractivity contribution in [3.8, 4) is 0 Å². The van der Waals surface area contributed by atoms with E-state index < -0.39 is 0 Å². The highest BCUT2D eigenvalue weighted by Crippen LogP contribution is 2.43. The Morgan fingerprint density at radius 2 is 1.57 bits per heavy atom. The molecule has 0 aromatic heterocycles. The lowest BCUT2D eigenvalue weighted by Crippen LogP contribution is -2.32. The number of carbonyl (C=O) groups is 1. The van der Waals surface area contributed by atoms with Crippen molar-refractivity contribution in [3.05, 3.63) is 64.1 Å². The number of nitrogens with zero attached hydrogens (tertiary/aromatic N) is 2. The summed E-state index contributed by atoms with van der Waals surface area (Å²) in [6, 6.07) is 15.1. The summed E-state index contributed by atoms with van der Waals surface area (Å²) in [5.74, 6) is 1.85. The van der Waals surface area contributed by atoms with Crippen LogP contribution in [0.2, 0.25) is 10.0 Å². The van der Waals surface area contributed by atoms with Crippen LogP contribution in [0.5, 0.6) is 0 Å². The highest BCUT2D eigenvalue weighted by atomic mass is 35.5. The van der Waals surface area contributed by atoms with E-state index in [9.17, 15) is 4.79 Å². The minimum absolute atomic E-state index is 0.0589. The van der Waals surface area contributed by atoms with Crippen LogP contribution >= 0.6 is 35.0 Å². The van der Waals surface area contributed by atoms with E-state index >= 15 is 0 Å². The zero-order valence-electron chi connectivity index (χ0n) is 12.2. The molecule has 2 atom stereocenters. The Hall–Kier alpha value is -1.20. The Labute approximate surface area is 149 Å². The lowest BCUT2D eigenvalue weighted by atomic mass is 10.1. The van der Waals surface area contributed by atoms with E-state index in [-0.39, 0.29) is 18.1 Å². The maximum atomic E-state index is 12.9. The van der Waals surface area contributed by atoms with Crippen LogP contribution in [0.25, 0.3) is 0 Å². The van der Waals surface area contributed by atoms with Crippen molar-refractivity contribution in [2.24, 2.45) is 0 Å². The van der Waals surface area contributed by atoms with Gasteiger partial charge in [-0.2, -0.15) is 0 Å². The highest BCUT2D eigenvalue weighted by molar-refractivity contribution is 7.99. The van der Waals surface area contributed by atoms with E-state index in [1.807, 2.05) is 53.4 Å². The number of benzene rings is 2. The third-order valence-corrected chi connectivity index (χ3v) is 5.81. The molecule has 2 saturated heterocycles. The molecular weight excluding hydrogens is 351 g/mol. The summed E-state index contributed by atoms with van der Waals surface area (Å²) in [6.07, 6.45) is -0.0963. The lowest BCUT2D eigenvalue weighted by molar-refractivity contribution is -0.118. The number of amides is 1. The number of carbonyl (C=O) groups excluding carboxylic acids is 1. The van der Waals surface area contributed by atoms with E-state index in [2.05, 4.69) is 4.90 Å². The largest absolute Gasteiger partial charge is 0.290 e. The number of hydrogen-bond donors (Lipinski definition) is 0. The second kappa shape index (κ2) is 6.02. The van der Waals surface area contributed by atoms with Crippen LogP contribution in [0.1, 0.15) is 11.7 Å². The summed E-state index contributed by atoms with van der Waals surface area (Å²) < 4.78 is 0. The molecule has 1 amide bonds. The fourth-order valence-electron chi connectivity index (χ4n) is 3.18. The van der Waals surface area contributed by atoms with E-state index in [1.54, 1.807) is 11.8 Å². The van der Waals surface area contributed by atoms with Gasteiger partial charge in [-0.25, -0.2) is 0 Å². The van der Waals surface area contributed by atoms with Crippen LogP contribution in [0.15, 0.2) is 48.5 Å². The molecular formula is C17H14Cl2N2OS. The summed E-state index contributed by atoms with van der Waals surface area (Å²) in [4.78, 5) is 17.1. The molecule has 0 aliphatic carbocycles. The normalized spacial score (nSPS) is 24.3. The van der Waals surface area contributed by atoms with E-state index in [0.29, 0.717) is 10.0 Å². The van der Waals surface area contributed by atoms with Crippen molar-refractivity contribution in [2.45, 2.75) is 12.2 Å². The van der Waals surface area contributed by atoms with E-state index in [1.165, 1.54) is 0 Å². The Morgan fingerprint density at radius 3 is 2.22 bits per heavy atom. The topological polar surface area (TPSA) is 23.6 Å².